The van der Waals surface area contributed by atoms with Crippen molar-refractivity contribution in [3.8, 4) is 0 Å². The Balaban J connectivity index is 1.54. The number of aromatic nitrogens is 1. The smallest absolute Gasteiger partial charge is 0.271 e. The molecule has 1 N–H and O–H groups in total. The average Bonchev–Trinajstić information content (AvgIpc) is 3.19. The van der Waals surface area contributed by atoms with Crippen molar-refractivity contribution in [2.75, 3.05) is 0 Å². The number of nitrogens with one attached hydrogen (secondary N) is 1. The van der Waals surface area contributed by atoms with E-state index >= 15 is 0 Å². The van der Waals surface area contributed by atoms with Crippen LogP contribution in [-0.4, -0.2) is 26.8 Å². The van der Waals surface area contributed by atoms with Crippen LogP contribution in [0.1, 0.15) is 28.5 Å². The van der Waals surface area contributed by atoms with Gasteiger partial charge in [0.1, 0.15) is 11.2 Å². The van der Waals surface area contributed by atoms with Crippen LogP contribution in [0.2, 0.25) is 0 Å². The molecular formula is C27H24BrN3O2. The van der Waals surface area contributed by atoms with Crippen molar-refractivity contribution < 1.29 is 9.59 Å². The summed E-state index contributed by atoms with van der Waals surface area (Å²) in [4.78, 5) is 29.1. The van der Waals surface area contributed by atoms with E-state index in [0.717, 1.165) is 26.5 Å². The highest BCUT2D eigenvalue weighted by Crippen LogP contribution is 2.33. The molecule has 0 saturated carbocycles. The Labute approximate surface area is 201 Å². The Bertz CT molecular complexity index is 1350. The van der Waals surface area contributed by atoms with Crippen molar-refractivity contribution in [2.24, 2.45) is 0 Å². The highest BCUT2D eigenvalue weighted by atomic mass is 79.9. The van der Waals surface area contributed by atoms with Crippen LogP contribution in [0.5, 0.6) is 0 Å². The molecule has 0 unspecified atom stereocenters. The molecule has 1 aliphatic heterocycles. The van der Waals surface area contributed by atoms with Gasteiger partial charge in [-0.3, -0.25) is 9.59 Å². The van der Waals surface area contributed by atoms with Crippen molar-refractivity contribution >= 4 is 38.6 Å². The van der Waals surface area contributed by atoms with Crippen LogP contribution in [-0.2, 0) is 24.4 Å². The van der Waals surface area contributed by atoms with Gasteiger partial charge in [0, 0.05) is 28.5 Å². The molecule has 3 aromatic carbocycles. The van der Waals surface area contributed by atoms with Crippen molar-refractivity contribution in [3.63, 3.8) is 0 Å². The summed E-state index contributed by atoms with van der Waals surface area (Å²) in [5.41, 5.74) is 2.50. The van der Waals surface area contributed by atoms with Gasteiger partial charge in [-0.1, -0.05) is 76.6 Å². The number of nitrogens with zero attached hydrogens (tertiary/aromatic N) is 2. The van der Waals surface area contributed by atoms with Gasteiger partial charge >= 0.3 is 0 Å². The van der Waals surface area contributed by atoms with Gasteiger partial charge in [-0.25, -0.2) is 0 Å². The summed E-state index contributed by atoms with van der Waals surface area (Å²) in [6.07, 6.45) is 0. The van der Waals surface area contributed by atoms with Crippen molar-refractivity contribution in [1.29, 1.82) is 0 Å². The lowest BCUT2D eigenvalue weighted by Gasteiger charge is -2.44. The SMILES string of the molecule is C[C@]1(C(=O)NCc2ccccc2)Cn2c(cc3ccccc32)C(=O)N1Cc1cccc(Br)c1. The fourth-order valence-electron chi connectivity index (χ4n) is 4.54. The van der Waals surface area contributed by atoms with E-state index in [9.17, 15) is 9.59 Å². The van der Waals surface area contributed by atoms with Gasteiger partial charge in [0.25, 0.3) is 5.91 Å². The Morgan fingerprint density at radius 2 is 1.70 bits per heavy atom. The van der Waals surface area contributed by atoms with E-state index in [0.29, 0.717) is 25.3 Å². The molecule has 166 valence electrons. The van der Waals surface area contributed by atoms with Crippen LogP contribution in [0.15, 0.2) is 89.4 Å². The van der Waals surface area contributed by atoms with Gasteiger partial charge in [-0.05, 0) is 42.3 Å². The summed E-state index contributed by atoms with van der Waals surface area (Å²) in [5.74, 6) is -0.312. The molecule has 0 bridgehead atoms. The lowest BCUT2D eigenvalue weighted by atomic mass is 9.93. The van der Waals surface area contributed by atoms with E-state index in [-0.39, 0.29) is 11.8 Å². The highest BCUT2D eigenvalue weighted by molar-refractivity contribution is 9.10. The third-order valence-corrected chi connectivity index (χ3v) is 6.84. The molecule has 0 saturated heterocycles. The van der Waals surface area contributed by atoms with Crippen molar-refractivity contribution in [3.05, 3.63) is 106 Å². The molecule has 0 fully saturated rings. The van der Waals surface area contributed by atoms with Crippen LogP contribution < -0.4 is 5.32 Å². The topological polar surface area (TPSA) is 54.3 Å². The largest absolute Gasteiger partial charge is 0.350 e. The van der Waals surface area contributed by atoms with E-state index in [1.54, 1.807) is 4.90 Å². The Hall–Kier alpha value is -3.38. The van der Waals surface area contributed by atoms with Gasteiger partial charge in [0.2, 0.25) is 5.91 Å². The summed E-state index contributed by atoms with van der Waals surface area (Å²) in [7, 11) is 0. The monoisotopic (exact) mass is 501 g/mol. The van der Waals surface area contributed by atoms with Crippen LogP contribution in [0.3, 0.4) is 0 Å². The first-order valence-electron chi connectivity index (χ1n) is 10.9. The predicted octanol–water partition coefficient (Wildman–Crippen LogP) is 5.13. The summed E-state index contributed by atoms with van der Waals surface area (Å²) in [6, 6.07) is 27.5. The summed E-state index contributed by atoms with van der Waals surface area (Å²) in [6.45, 7) is 3.00. The zero-order valence-corrected chi connectivity index (χ0v) is 19.9. The van der Waals surface area contributed by atoms with Gasteiger partial charge in [0.15, 0.2) is 0 Å². The average molecular weight is 502 g/mol. The second kappa shape index (κ2) is 8.52. The lowest BCUT2D eigenvalue weighted by molar-refractivity contribution is -0.133. The van der Waals surface area contributed by atoms with Crippen LogP contribution in [0.25, 0.3) is 10.9 Å². The minimum atomic E-state index is -1.05. The number of hydrogen-bond acceptors (Lipinski definition) is 2. The zero-order valence-electron chi connectivity index (χ0n) is 18.3. The molecule has 2 heterocycles. The third-order valence-electron chi connectivity index (χ3n) is 6.35. The maximum absolute atomic E-state index is 13.8. The lowest BCUT2D eigenvalue weighted by Crippen LogP contribution is -2.63. The van der Waals surface area contributed by atoms with Crippen molar-refractivity contribution in [1.82, 2.24) is 14.8 Å². The molecule has 0 spiro atoms. The number of para-hydroxylation sites is 1. The molecule has 33 heavy (non-hydrogen) atoms. The van der Waals surface area contributed by atoms with E-state index in [4.69, 9.17) is 0 Å². The molecule has 1 aromatic heterocycles. The first-order chi connectivity index (χ1) is 16.0. The zero-order chi connectivity index (χ0) is 23.0. The number of rotatable bonds is 5. The molecule has 1 aliphatic rings. The molecule has 5 rings (SSSR count). The fourth-order valence-corrected chi connectivity index (χ4v) is 4.99. The molecule has 0 aliphatic carbocycles. The van der Waals surface area contributed by atoms with E-state index in [1.807, 2.05) is 96.4 Å². The van der Waals surface area contributed by atoms with Gasteiger partial charge in [-0.2, -0.15) is 0 Å². The molecule has 5 nitrogen and oxygen atoms in total. The maximum atomic E-state index is 13.8. The molecule has 4 aromatic rings. The number of fused-ring (bicyclic) bond motifs is 3. The van der Waals surface area contributed by atoms with Crippen LogP contribution in [0, 0.1) is 0 Å². The van der Waals surface area contributed by atoms with E-state index in [2.05, 4.69) is 21.2 Å². The molecule has 0 radical (unpaired) electrons. The second-order valence-corrected chi connectivity index (χ2v) is 9.55. The molecule has 1 atom stereocenters. The Morgan fingerprint density at radius 1 is 0.970 bits per heavy atom. The van der Waals surface area contributed by atoms with Gasteiger partial charge < -0.3 is 14.8 Å². The summed E-state index contributed by atoms with van der Waals surface area (Å²) >= 11 is 3.51. The van der Waals surface area contributed by atoms with Gasteiger partial charge in [-0.15, -0.1) is 0 Å². The summed E-state index contributed by atoms with van der Waals surface area (Å²) < 4.78 is 2.92. The van der Waals surface area contributed by atoms with Crippen LogP contribution >= 0.6 is 15.9 Å². The maximum Gasteiger partial charge on any atom is 0.271 e. The second-order valence-electron chi connectivity index (χ2n) is 8.64. The quantitative estimate of drug-likeness (QED) is 0.411. The van der Waals surface area contributed by atoms with E-state index in [1.165, 1.54) is 0 Å². The first-order valence-corrected chi connectivity index (χ1v) is 11.7. The molecule has 6 heteroatoms. The Morgan fingerprint density at radius 3 is 2.48 bits per heavy atom. The molecular weight excluding hydrogens is 478 g/mol. The molecule has 2 amide bonds. The fraction of sp³-hybridized carbons (Fsp3) is 0.185. The number of carbonyl (C=O) groups excluding carboxylic acids is 2. The predicted molar refractivity (Wildman–Crippen MR) is 133 cm³/mol. The van der Waals surface area contributed by atoms with Crippen LogP contribution in [0.4, 0.5) is 0 Å². The normalized spacial score (nSPS) is 17.8. The minimum absolute atomic E-state index is 0.144. The van der Waals surface area contributed by atoms with Gasteiger partial charge in [0.05, 0.1) is 6.54 Å². The highest BCUT2D eigenvalue weighted by Gasteiger charge is 2.47. The number of benzene rings is 3. The standard InChI is InChI=1S/C27H24BrN3O2/c1-27(26(33)29-16-19-8-3-2-4-9-19)18-30-23-13-6-5-11-21(23)15-24(30)25(32)31(27)17-20-10-7-12-22(28)14-20/h2-15H,16-18H2,1H3,(H,29,33)/t27-/m1/s1. The first kappa shape index (κ1) is 21.5. The number of hydrogen-bond donors (Lipinski definition) is 1. The number of amides is 2. The Kier molecular flexibility index (Phi) is 5.54. The number of halogens is 1. The van der Waals surface area contributed by atoms with Crippen molar-refractivity contribution in [2.45, 2.75) is 32.1 Å². The third kappa shape index (κ3) is 3.95. The van der Waals surface area contributed by atoms with E-state index < -0.39 is 5.54 Å². The number of carbonyl (C=O) groups is 2. The summed E-state index contributed by atoms with van der Waals surface area (Å²) in [5, 5.41) is 4.07. The minimum Gasteiger partial charge on any atom is -0.350 e.